The molecule has 124 valence electrons. The van der Waals surface area contributed by atoms with Crippen LogP contribution in [0.15, 0.2) is 29.2 Å². The number of hydrogen-bond donors (Lipinski definition) is 1. The minimum absolute atomic E-state index is 0. The number of rotatable bonds is 3. The fourth-order valence-corrected chi connectivity index (χ4v) is 5.17. The second-order valence-corrected chi connectivity index (χ2v) is 8.65. The van der Waals surface area contributed by atoms with Crippen molar-refractivity contribution >= 4 is 22.4 Å². The van der Waals surface area contributed by atoms with Gasteiger partial charge >= 0.3 is 0 Å². The van der Waals surface area contributed by atoms with Gasteiger partial charge in [0, 0.05) is 19.1 Å². The molecule has 0 amide bonds. The van der Waals surface area contributed by atoms with E-state index in [1.165, 1.54) is 0 Å². The Morgan fingerprint density at radius 1 is 1.14 bits per heavy atom. The Balaban J connectivity index is 0.00000176. The van der Waals surface area contributed by atoms with Gasteiger partial charge in [0.1, 0.15) is 0 Å². The summed E-state index contributed by atoms with van der Waals surface area (Å²) in [6, 6.07) is 7.47. The molecule has 2 fully saturated rings. The lowest BCUT2D eigenvalue weighted by atomic mass is 9.98. The smallest absolute Gasteiger partial charge is 0.243 e. The van der Waals surface area contributed by atoms with Crippen molar-refractivity contribution in [1.29, 1.82) is 0 Å². The van der Waals surface area contributed by atoms with E-state index in [-0.39, 0.29) is 18.4 Å². The number of halogens is 1. The Morgan fingerprint density at radius 2 is 1.77 bits per heavy atom. The van der Waals surface area contributed by atoms with Gasteiger partial charge in [0.2, 0.25) is 10.0 Å². The average Bonchev–Trinajstić information content (AvgIpc) is 3.02. The zero-order valence-corrected chi connectivity index (χ0v) is 14.7. The molecule has 1 heterocycles. The Morgan fingerprint density at radius 3 is 2.32 bits per heavy atom. The number of nitrogens with zero attached hydrogens (tertiary/aromatic N) is 1. The molecule has 3 rings (SSSR count). The highest BCUT2D eigenvalue weighted by molar-refractivity contribution is 7.89. The van der Waals surface area contributed by atoms with Gasteiger partial charge in [0.15, 0.2) is 0 Å². The quantitative estimate of drug-likeness (QED) is 0.916. The normalized spacial score (nSPS) is 28.6. The maximum Gasteiger partial charge on any atom is 0.243 e. The molecule has 6 heteroatoms. The third-order valence-corrected chi connectivity index (χ3v) is 6.91. The maximum atomic E-state index is 12.7. The molecule has 4 nitrogen and oxygen atoms in total. The maximum absolute atomic E-state index is 12.7. The van der Waals surface area contributed by atoms with E-state index >= 15 is 0 Å². The van der Waals surface area contributed by atoms with Crippen molar-refractivity contribution in [1.82, 2.24) is 4.31 Å². The van der Waals surface area contributed by atoms with Crippen LogP contribution in [0, 0.1) is 11.8 Å². The van der Waals surface area contributed by atoms with Gasteiger partial charge in [0.25, 0.3) is 0 Å². The predicted octanol–water partition coefficient (Wildman–Crippen LogP) is 2.59. The topological polar surface area (TPSA) is 63.4 Å². The Labute approximate surface area is 139 Å². The number of fused-ring (bicyclic) bond motifs is 1. The van der Waals surface area contributed by atoms with Crippen molar-refractivity contribution in [3.8, 4) is 0 Å². The van der Waals surface area contributed by atoms with Crippen LogP contribution in [-0.2, 0) is 10.0 Å². The summed E-state index contributed by atoms with van der Waals surface area (Å²) in [4.78, 5) is 0.403. The summed E-state index contributed by atoms with van der Waals surface area (Å²) < 4.78 is 27.1. The van der Waals surface area contributed by atoms with Gasteiger partial charge in [-0.1, -0.05) is 26.0 Å². The van der Waals surface area contributed by atoms with Crippen LogP contribution in [0.2, 0.25) is 0 Å². The van der Waals surface area contributed by atoms with Gasteiger partial charge in [-0.15, -0.1) is 12.4 Å². The van der Waals surface area contributed by atoms with E-state index in [0.29, 0.717) is 35.7 Å². The van der Waals surface area contributed by atoms with E-state index in [1.807, 2.05) is 12.1 Å². The Kier molecular flexibility index (Phi) is 5.22. The molecule has 1 saturated carbocycles. The van der Waals surface area contributed by atoms with E-state index in [2.05, 4.69) is 13.8 Å². The van der Waals surface area contributed by atoms with E-state index in [9.17, 15) is 8.42 Å². The largest absolute Gasteiger partial charge is 0.327 e. The number of nitrogens with two attached hydrogens (primary N) is 1. The first-order chi connectivity index (χ1) is 9.89. The highest BCUT2D eigenvalue weighted by atomic mass is 35.5. The van der Waals surface area contributed by atoms with Crippen molar-refractivity contribution in [2.75, 3.05) is 13.1 Å². The lowest BCUT2D eigenvalue weighted by Gasteiger charge is -2.19. The van der Waals surface area contributed by atoms with Crippen LogP contribution in [0.25, 0.3) is 0 Å². The minimum Gasteiger partial charge on any atom is -0.327 e. The van der Waals surface area contributed by atoms with Crippen LogP contribution < -0.4 is 5.73 Å². The molecule has 3 atom stereocenters. The highest BCUT2D eigenvalue weighted by Crippen LogP contribution is 2.39. The second-order valence-electron chi connectivity index (χ2n) is 6.71. The van der Waals surface area contributed by atoms with Crippen LogP contribution in [0.1, 0.15) is 38.2 Å². The fourth-order valence-electron chi connectivity index (χ4n) is 3.64. The molecule has 1 aromatic rings. The van der Waals surface area contributed by atoms with E-state index in [0.717, 1.165) is 18.4 Å². The molecule has 22 heavy (non-hydrogen) atoms. The minimum atomic E-state index is -3.37. The number of hydrogen-bond acceptors (Lipinski definition) is 3. The van der Waals surface area contributed by atoms with Gasteiger partial charge in [-0.3, -0.25) is 0 Å². The molecular formula is C16H25ClN2O2S. The van der Waals surface area contributed by atoms with Crippen molar-refractivity contribution in [2.24, 2.45) is 17.6 Å². The summed E-state index contributed by atoms with van der Waals surface area (Å²) in [5.41, 5.74) is 7.26. The predicted molar refractivity (Wildman–Crippen MR) is 90.7 cm³/mol. The number of sulfonamides is 1. The van der Waals surface area contributed by atoms with Gasteiger partial charge in [0.05, 0.1) is 4.90 Å². The molecule has 1 aliphatic carbocycles. The third-order valence-electron chi connectivity index (χ3n) is 5.06. The van der Waals surface area contributed by atoms with Crippen molar-refractivity contribution < 1.29 is 8.42 Å². The Bertz CT molecular complexity index is 616. The molecular weight excluding hydrogens is 320 g/mol. The van der Waals surface area contributed by atoms with Crippen LogP contribution in [0.5, 0.6) is 0 Å². The van der Waals surface area contributed by atoms with Crippen LogP contribution in [0.3, 0.4) is 0 Å². The summed E-state index contributed by atoms with van der Waals surface area (Å²) in [5, 5.41) is 0. The van der Waals surface area contributed by atoms with E-state index < -0.39 is 10.0 Å². The fraction of sp³-hybridized carbons (Fsp3) is 0.625. The summed E-state index contributed by atoms with van der Waals surface area (Å²) in [7, 11) is -3.37. The van der Waals surface area contributed by atoms with Gasteiger partial charge in [-0.25, -0.2) is 8.42 Å². The molecule has 1 aliphatic heterocycles. The summed E-state index contributed by atoms with van der Waals surface area (Å²) in [6.07, 6.45) is 2.09. The molecule has 1 saturated heterocycles. The molecule has 0 radical (unpaired) electrons. The first-order valence-electron chi connectivity index (χ1n) is 7.75. The SMILES string of the molecule is CC(C)c1ccc(S(=O)(=O)N2CC3CCC(N)C3C2)cc1.Cl. The summed E-state index contributed by atoms with van der Waals surface area (Å²) in [5.74, 6) is 1.20. The van der Waals surface area contributed by atoms with Crippen molar-refractivity contribution in [3.05, 3.63) is 29.8 Å². The van der Waals surface area contributed by atoms with Crippen molar-refractivity contribution in [2.45, 2.75) is 43.5 Å². The monoisotopic (exact) mass is 344 g/mol. The summed E-state index contributed by atoms with van der Waals surface area (Å²) in [6.45, 7) is 5.42. The standard InChI is InChI=1S/C16H24N2O2S.ClH/c1-11(2)12-3-6-14(7-4-12)21(19,20)18-9-13-5-8-16(17)15(13)10-18;/h3-4,6-7,11,13,15-16H,5,8-10,17H2,1-2H3;1H. The van der Waals surface area contributed by atoms with Crippen LogP contribution in [-0.4, -0.2) is 31.9 Å². The second kappa shape index (κ2) is 6.48. The molecule has 0 spiro atoms. The lowest BCUT2D eigenvalue weighted by Crippen LogP contribution is -2.33. The van der Waals surface area contributed by atoms with E-state index in [1.54, 1.807) is 16.4 Å². The average molecular weight is 345 g/mol. The van der Waals surface area contributed by atoms with Crippen LogP contribution >= 0.6 is 12.4 Å². The molecule has 2 aliphatic rings. The zero-order chi connectivity index (χ0) is 15.2. The first kappa shape index (κ1) is 17.7. The van der Waals surface area contributed by atoms with E-state index in [4.69, 9.17) is 5.73 Å². The highest BCUT2D eigenvalue weighted by Gasteiger charge is 2.44. The van der Waals surface area contributed by atoms with Gasteiger partial charge in [-0.2, -0.15) is 4.31 Å². The third kappa shape index (κ3) is 3.04. The zero-order valence-electron chi connectivity index (χ0n) is 13.1. The van der Waals surface area contributed by atoms with Gasteiger partial charge < -0.3 is 5.73 Å². The molecule has 2 N–H and O–H groups in total. The molecule has 0 bridgehead atoms. The van der Waals surface area contributed by atoms with Crippen molar-refractivity contribution in [3.63, 3.8) is 0 Å². The van der Waals surface area contributed by atoms with Gasteiger partial charge in [-0.05, 0) is 48.3 Å². The Hall–Kier alpha value is -0.620. The summed E-state index contributed by atoms with van der Waals surface area (Å²) >= 11 is 0. The molecule has 1 aromatic carbocycles. The molecule has 0 aromatic heterocycles. The first-order valence-corrected chi connectivity index (χ1v) is 9.19. The molecule has 3 unspecified atom stereocenters. The lowest BCUT2D eigenvalue weighted by molar-refractivity contribution is 0.427. The van der Waals surface area contributed by atoms with Crippen LogP contribution in [0.4, 0.5) is 0 Å². The number of benzene rings is 1.